The Balaban J connectivity index is 3.05. The molecule has 0 saturated heterocycles. The first-order valence-corrected chi connectivity index (χ1v) is 6.06. The van der Waals surface area contributed by atoms with Crippen LogP contribution in [0.4, 0.5) is 0 Å². The summed E-state index contributed by atoms with van der Waals surface area (Å²) in [5.74, 6) is 0. The van der Waals surface area contributed by atoms with Gasteiger partial charge >= 0.3 is 0 Å². The molecule has 88 valence electrons. The van der Waals surface area contributed by atoms with Crippen LogP contribution >= 0.6 is 11.6 Å². The van der Waals surface area contributed by atoms with Gasteiger partial charge in [-0.3, -0.25) is 0 Å². The van der Waals surface area contributed by atoms with Crippen LogP contribution in [0.3, 0.4) is 0 Å². The summed E-state index contributed by atoms with van der Waals surface area (Å²) in [7, 11) is 0. The van der Waals surface area contributed by atoms with Crippen LogP contribution in [0, 0.1) is 6.92 Å². The van der Waals surface area contributed by atoms with E-state index in [4.69, 9.17) is 11.6 Å². The average Bonchev–Trinajstić information content (AvgIpc) is 2.16. The minimum Gasteiger partial charge on any atom is -0.307 e. The van der Waals surface area contributed by atoms with Gasteiger partial charge in [-0.15, -0.1) is 0 Å². The Kier molecular flexibility index (Phi) is 5.04. The van der Waals surface area contributed by atoms with Crippen molar-refractivity contribution in [3.05, 3.63) is 46.0 Å². The lowest BCUT2D eigenvalue weighted by atomic mass is 10.0. The molecule has 1 aromatic carbocycles. The van der Waals surface area contributed by atoms with Crippen LogP contribution in [0.5, 0.6) is 0 Å². The van der Waals surface area contributed by atoms with E-state index in [1.165, 1.54) is 11.1 Å². The average molecular weight is 238 g/mol. The van der Waals surface area contributed by atoms with Crippen LogP contribution in [-0.2, 0) is 0 Å². The maximum absolute atomic E-state index is 6.27. The second-order valence-electron chi connectivity index (χ2n) is 4.30. The number of nitrogens with one attached hydrogen (secondary N) is 1. The number of hydrogen-bond donors (Lipinski definition) is 1. The van der Waals surface area contributed by atoms with Gasteiger partial charge in [0, 0.05) is 5.02 Å². The fraction of sp³-hybridized carbons (Fsp3) is 0.429. The molecule has 0 fully saturated rings. The summed E-state index contributed by atoms with van der Waals surface area (Å²) in [4.78, 5) is 0. The highest BCUT2D eigenvalue weighted by atomic mass is 35.5. The number of hydrogen-bond acceptors (Lipinski definition) is 1. The van der Waals surface area contributed by atoms with Crippen molar-refractivity contribution < 1.29 is 0 Å². The van der Waals surface area contributed by atoms with Crippen molar-refractivity contribution in [3.8, 4) is 0 Å². The summed E-state index contributed by atoms with van der Waals surface area (Å²) < 4.78 is 0. The van der Waals surface area contributed by atoms with Crippen molar-refractivity contribution >= 4 is 11.6 Å². The van der Waals surface area contributed by atoms with Crippen LogP contribution in [-0.4, -0.2) is 6.54 Å². The number of halogens is 1. The zero-order chi connectivity index (χ0) is 12.1. The summed E-state index contributed by atoms with van der Waals surface area (Å²) in [5, 5.41) is 4.27. The second-order valence-corrected chi connectivity index (χ2v) is 4.71. The minimum absolute atomic E-state index is 0.211. The van der Waals surface area contributed by atoms with Gasteiger partial charge in [-0.2, -0.15) is 0 Å². The Bertz CT molecular complexity index is 378. The lowest BCUT2D eigenvalue weighted by Gasteiger charge is -2.17. The highest BCUT2D eigenvalue weighted by molar-refractivity contribution is 6.31. The molecule has 0 bridgehead atoms. The van der Waals surface area contributed by atoms with Gasteiger partial charge in [0.2, 0.25) is 0 Å². The van der Waals surface area contributed by atoms with Gasteiger partial charge in [0.05, 0.1) is 6.04 Å². The molecule has 0 aromatic heterocycles. The van der Waals surface area contributed by atoms with E-state index in [2.05, 4.69) is 51.2 Å². The Morgan fingerprint density at radius 1 is 1.44 bits per heavy atom. The molecule has 0 aliphatic rings. The summed E-state index contributed by atoms with van der Waals surface area (Å²) in [5.41, 5.74) is 3.64. The number of aryl methyl sites for hydroxylation is 1. The molecule has 1 N–H and O–H groups in total. The smallest absolute Gasteiger partial charge is 0.0523 e. The molecule has 1 aromatic rings. The van der Waals surface area contributed by atoms with E-state index in [9.17, 15) is 0 Å². The van der Waals surface area contributed by atoms with Gasteiger partial charge in [-0.1, -0.05) is 42.3 Å². The third kappa shape index (κ3) is 3.66. The van der Waals surface area contributed by atoms with Crippen molar-refractivity contribution in [2.75, 3.05) is 6.54 Å². The first-order chi connectivity index (χ1) is 7.54. The van der Waals surface area contributed by atoms with E-state index in [0.29, 0.717) is 0 Å². The largest absolute Gasteiger partial charge is 0.307 e. The summed E-state index contributed by atoms with van der Waals surface area (Å²) in [6, 6.07) is 6.43. The van der Waals surface area contributed by atoms with Gasteiger partial charge < -0.3 is 5.32 Å². The van der Waals surface area contributed by atoms with Crippen molar-refractivity contribution in [3.63, 3.8) is 0 Å². The maximum atomic E-state index is 6.27. The van der Waals surface area contributed by atoms with Gasteiger partial charge in [-0.25, -0.2) is 0 Å². The van der Waals surface area contributed by atoms with E-state index >= 15 is 0 Å². The standard InChI is InChI=1S/C14H20ClN/c1-5-16-14(8-10(2)3)12-7-6-11(4)9-13(12)15/h6-9,14,16H,5H2,1-4H3. The maximum Gasteiger partial charge on any atom is 0.0523 e. The lowest BCUT2D eigenvalue weighted by Crippen LogP contribution is -2.19. The fourth-order valence-electron chi connectivity index (χ4n) is 1.70. The molecule has 0 saturated carbocycles. The molecule has 0 aliphatic heterocycles. The van der Waals surface area contributed by atoms with E-state index in [-0.39, 0.29) is 6.04 Å². The second kappa shape index (κ2) is 6.07. The molecular weight excluding hydrogens is 218 g/mol. The molecular formula is C14H20ClN. The van der Waals surface area contributed by atoms with Crippen LogP contribution in [0.25, 0.3) is 0 Å². The molecule has 1 atom stereocenters. The quantitative estimate of drug-likeness (QED) is 0.772. The number of likely N-dealkylation sites (N-methyl/N-ethyl adjacent to an activating group) is 1. The van der Waals surface area contributed by atoms with Crippen molar-refractivity contribution in [1.82, 2.24) is 5.32 Å². The van der Waals surface area contributed by atoms with Crippen LogP contribution < -0.4 is 5.32 Å². The van der Waals surface area contributed by atoms with Crippen LogP contribution in [0.1, 0.15) is 37.9 Å². The Morgan fingerprint density at radius 3 is 2.62 bits per heavy atom. The summed E-state index contributed by atoms with van der Waals surface area (Å²) in [6.45, 7) is 9.30. The molecule has 0 heterocycles. The molecule has 1 unspecified atom stereocenters. The highest BCUT2D eigenvalue weighted by Crippen LogP contribution is 2.25. The van der Waals surface area contributed by atoms with Gasteiger partial charge in [-0.05, 0) is 44.5 Å². The zero-order valence-electron chi connectivity index (χ0n) is 10.5. The van der Waals surface area contributed by atoms with Crippen molar-refractivity contribution in [2.24, 2.45) is 0 Å². The molecule has 2 heteroatoms. The fourth-order valence-corrected chi connectivity index (χ4v) is 2.05. The number of allylic oxidation sites excluding steroid dienone is 1. The third-order valence-electron chi connectivity index (χ3n) is 2.42. The number of benzene rings is 1. The predicted molar refractivity (Wildman–Crippen MR) is 72.0 cm³/mol. The van der Waals surface area contributed by atoms with Gasteiger partial charge in [0.1, 0.15) is 0 Å². The molecule has 1 nitrogen and oxygen atoms in total. The van der Waals surface area contributed by atoms with Crippen molar-refractivity contribution in [2.45, 2.75) is 33.7 Å². The molecule has 0 radical (unpaired) electrons. The highest BCUT2D eigenvalue weighted by Gasteiger charge is 2.10. The summed E-state index contributed by atoms with van der Waals surface area (Å²) >= 11 is 6.27. The minimum atomic E-state index is 0.211. The first kappa shape index (κ1) is 13.3. The molecule has 0 spiro atoms. The topological polar surface area (TPSA) is 12.0 Å². The Morgan fingerprint density at radius 2 is 2.12 bits per heavy atom. The van der Waals surface area contributed by atoms with Gasteiger partial charge in [0.15, 0.2) is 0 Å². The number of rotatable bonds is 4. The van der Waals surface area contributed by atoms with E-state index < -0.39 is 0 Å². The van der Waals surface area contributed by atoms with Gasteiger partial charge in [0.25, 0.3) is 0 Å². The molecule has 0 amide bonds. The van der Waals surface area contributed by atoms with E-state index in [1.807, 2.05) is 6.07 Å². The molecule has 0 aliphatic carbocycles. The molecule has 1 rings (SSSR count). The zero-order valence-corrected chi connectivity index (χ0v) is 11.2. The Hall–Kier alpha value is -0.790. The predicted octanol–water partition coefficient (Wildman–Crippen LogP) is 4.27. The third-order valence-corrected chi connectivity index (χ3v) is 2.74. The first-order valence-electron chi connectivity index (χ1n) is 5.69. The van der Waals surface area contributed by atoms with Crippen molar-refractivity contribution in [1.29, 1.82) is 0 Å². The van der Waals surface area contributed by atoms with E-state index in [1.54, 1.807) is 0 Å². The lowest BCUT2D eigenvalue weighted by molar-refractivity contribution is 0.645. The monoisotopic (exact) mass is 237 g/mol. The van der Waals surface area contributed by atoms with Crippen LogP contribution in [0.2, 0.25) is 5.02 Å². The molecule has 16 heavy (non-hydrogen) atoms. The summed E-state index contributed by atoms with van der Waals surface area (Å²) in [6.07, 6.45) is 2.21. The SMILES string of the molecule is CCNC(C=C(C)C)c1ccc(C)cc1Cl. The normalized spacial score (nSPS) is 12.3. The van der Waals surface area contributed by atoms with E-state index in [0.717, 1.165) is 17.1 Å². The van der Waals surface area contributed by atoms with Crippen LogP contribution in [0.15, 0.2) is 29.8 Å². The Labute approximate surface area is 104 Å².